The molecular formula is C16H23Cl2N3O. The summed E-state index contributed by atoms with van der Waals surface area (Å²) in [6.45, 7) is 3.97. The van der Waals surface area contributed by atoms with Crippen molar-refractivity contribution in [1.82, 2.24) is 15.5 Å². The second kappa shape index (κ2) is 8.16. The molecule has 1 aliphatic heterocycles. The van der Waals surface area contributed by atoms with Gasteiger partial charge in [0.1, 0.15) is 0 Å². The fourth-order valence-electron chi connectivity index (χ4n) is 2.80. The Morgan fingerprint density at radius 3 is 2.95 bits per heavy atom. The molecule has 1 unspecified atom stereocenters. The molecule has 1 atom stereocenters. The van der Waals surface area contributed by atoms with Crippen LogP contribution in [0.2, 0.25) is 5.02 Å². The van der Waals surface area contributed by atoms with Crippen LogP contribution in [0.1, 0.15) is 24.4 Å². The summed E-state index contributed by atoms with van der Waals surface area (Å²) in [5, 5.41) is 7.19. The van der Waals surface area contributed by atoms with E-state index in [1.54, 1.807) is 0 Å². The van der Waals surface area contributed by atoms with E-state index in [1.165, 1.54) is 18.4 Å². The van der Waals surface area contributed by atoms with E-state index >= 15 is 0 Å². The van der Waals surface area contributed by atoms with Crippen molar-refractivity contribution >= 4 is 29.9 Å². The molecule has 0 aromatic heterocycles. The van der Waals surface area contributed by atoms with Crippen LogP contribution >= 0.6 is 24.0 Å². The molecule has 1 saturated carbocycles. The second-order valence-corrected chi connectivity index (χ2v) is 6.43. The van der Waals surface area contributed by atoms with Crippen molar-refractivity contribution in [3.8, 4) is 0 Å². The van der Waals surface area contributed by atoms with Gasteiger partial charge in [-0.2, -0.15) is 0 Å². The van der Waals surface area contributed by atoms with Crippen LogP contribution in [0.15, 0.2) is 24.3 Å². The summed E-state index contributed by atoms with van der Waals surface area (Å²) in [6, 6.07) is 8.14. The van der Waals surface area contributed by atoms with Gasteiger partial charge in [-0.15, -0.1) is 12.4 Å². The number of nitrogens with zero attached hydrogens (tertiary/aromatic N) is 1. The number of hydrogen-bond acceptors (Lipinski definition) is 3. The quantitative estimate of drug-likeness (QED) is 0.861. The molecule has 1 heterocycles. The van der Waals surface area contributed by atoms with Crippen LogP contribution in [0, 0.1) is 5.92 Å². The summed E-state index contributed by atoms with van der Waals surface area (Å²) >= 11 is 6.09. The summed E-state index contributed by atoms with van der Waals surface area (Å²) in [4.78, 5) is 14.3. The van der Waals surface area contributed by atoms with E-state index in [1.807, 2.05) is 18.2 Å². The van der Waals surface area contributed by atoms with Gasteiger partial charge in [-0.3, -0.25) is 9.69 Å². The molecule has 1 aromatic rings. The summed E-state index contributed by atoms with van der Waals surface area (Å²) < 4.78 is 0. The number of piperazine rings is 1. The van der Waals surface area contributed by atoms with Crippen LogP contribution in [0.5, 0.6) is 0 Å². The van der Waals surface area contributed by atoms with E-state index in [-0.39, 0.29) is 24.4 Å². The van der Waals surface area contributed by atoms with Crippen LogP contribution in [0.3, 0.4) is 0 Å². The first-order chi connectivity index (χ1) is 10.2. The molecule has 3 rings (SSSR count). The highest BCUT2D eigenvalue weighted by Gasteiger charge is 2.26. The van der Waals surface area contributed by atoms with Crippen LogP contribution in [0.4, 0.5) is 0 Å². The summed E-state index contributed by atoms with van der Waals surface area (Å²) in [7, 11) is 0. The molecule has 1 amide bonds. The minimum absolute atomic E-state index is 0. The van der Waals surface area contributed by atoms with E-state index in [0.29, 0.717) is 6.54 Å². The number of halogens is 2. The van der Waals surface area contributed by atoms with Gasteiger partial charge in [-0.05, 0) is 36.5 Å². The maximum absolute atomic E-state index is 12.1. The molecule has 0 bridgehead atoms. The first kappa shape index (κ1) is 17.5. The average Bonchev–Trinajstić information content (AvgIpc) is 3.30. The van der Waals surface area contributed by atoms with Gasteiger partial charge in [0.15, 0.2) is 0 Å². The lowest BCUT2D eigenvalue weighted by Gasteiger charge is -2.36. The summed E-state index contributed by atoms with van der Waals surface area (Å²) in [5.74, 6) is 0.858. The fourth-order valence-corrected chi connectivity index (χ4v) is 3.00. The molecule has 1 aromatic carbocycles. The second-order valence-electron chi connectivity index (χ2n) is 5.99. The number of benzene rings is 1. The van der Waals surface area contributed by atoms with Gasteiger partial charge >= 0.3 is 0 Å². The number of nitrogens with one attached hydrogen (secondary N) is 2. The standard InChI is InChI=1S/C16H22ClN3O.ClH/c17-14-3-1-2-13(8-14)15-10-18-6-7-20(15)11-16(21)19-9-12-4-5-12;/h1-3,8,12,15,18H,4-7,9-11H2,(H,19,21);1H. The van der Waals surface area contributed by atoms with Crippen molar-refractivity contribution in [1.29, 1.82) is 0 Å². The third kappa shape index (κ3) is 4.85. The number of amides is 1. The third-order valence-corrected chi connectivity index (χ3v) is 4.45. The Morgan fingerprint density at radius 1 is 1.41 bits per heavy atom. The Kier molecular flexibility index (Phi) is 6.50. The predicted molar refractivity (Wildman–Crippen MR) is 91.6 cm³/mol. The highest BCUT2D eigenvalue weighted by Crippen LogP contribution is 2.27. The molecule has 122 valence electrons. The normalized spacial score (nSPS) is 22.0. The zero-order valence-corrected chi connectivity index (χ0v) is 14.1. The van der Waals surface area contributed by atoms with Crippen molar-refractivity contribution in [2.24, 2.45) is 5.92 Å². The van der Waals surface area contributed by atoms with Crippen LogP contribution < -0.4 is 10.6 Å². The van der Waals surface area contributed by atoms with Crippen LogP contribution in [0.25, 0.3) is 0 Å². The minimum Gasteiger partial charge on any atom is -0.355 e. The van der Waals surface area contributed by atoms with Crippen molar-refractivity contribution in [3.63, 3.8) is 0 Å². The smallest absolute Gasteiger partial charge is 0.234 e. The number of carbonyl (C=O) groups is 1. The van der Waals surface area contributed by atoms with Crippen LogP contribution in [-0.4, -0.2) is 43.5 Å². The van der Waals surface area contributed by atoms with Gasteiger partial charge in [0.05, 0.1) is 6.54 Å². The Morgan fingerprint density at radius 2 is 2.23 bits per heavy atom. The molecule has 2 N–H and O–H groups in total. The van der Waals surface area contributed by atoms with Crippen molar-refractivity contribution < 1.29 is 4.79 Å². The fraction of sp³-hybridized carbons (Fsp3) is 0.562. The lowest BCUT2D eigenvalue weighted by atomic mass is 10.0. The molecule has 22 heavy (non-hydrogen) atoms. The van der Waals surface area contributed by atoms with Gasteiger partial charge in [-0.25, -0.2) is 0 Å². The molecule has 6 heteroatoms. The van der Waals surface area contributed by atoms with Crippen molar-refractivity contribution in [2.75, 3.05) is 32.7 Å². The molecule has 2 aliphatic rings. The van der Waals surface area contributed by atoms with Crippen molar-refractivity contribution in [3.05, 3.63) is 34.9 Å². The topological polar surface area (TPSA) is 44.4 Å². The number of rotatable bonds is 5. The maximum atomic E-state index is 12.1. The van der Waals surface area contributed by atoms with Gasteiger partial charge in [0, 0.05) is 37.2 Å². The zero-order valence-electron chi connectivity index (χ0n) is 12.6. The highest BCUT2D eigenvalue weighted by atomic mass is 35.5. The number of hydrogen-bond donors (Lipinski definition) is 2. The van der Waals surface area contributed by atoms with E-state index in [2.05, 4.69) is 21.6 Å². The molecule has 4 nitrogen and oxygen atoms in total. The SMILES string of the molecule is Cl.O=C(CN1CCNCC1c1cccc(Cl)c1)NCC1CC1. The first-order valence-corrected chi connectivity index (χ1v) is 8.07. The molecule has 0 radical (unpaired) electrons. The highest BCUT2D eigenvalue weighted by molar-refractivity contribution is 6.30. The molecular weight excluding hydrogens is 321 g/mol. The van der Waals surface area contributed by atoms with Crippen molar-refractivity contribution in [2.45, 2.75) is 18.9 Å². The van der Waals surface area contributed by atoms with E-state index in [0.717, 1.165) is 37.1 Å². The van der Waals surface area contributed by atoms with Gasteiger partial charge in [0.25, 0.3) is 0 Å². The summed E-state index contributed by atoms with van der Waals surface area (Å²) in [5.41, 5.74) is 1.17. The Hall–Kier alpha value is -0.810. The molecule has 2 fully saturated rings. The number of carbonyl (C=O) groups excluding carboxylic acids is 1. The Labute approximate surface area is 143 Å². The largest absolute Gasteiger partial charge is 0.355 e. The Bertz CT molecular complexity index is 508. The molecule has 0 spiro atoms. The molecule has 1 saturated heterocycles. The lowest BCUT2D eigenvalue weighted by molar-refractivity contribution is -0.123. The first-order valence-electron chi connectivity index (χ1n) is 7.69. The Balaban J connectivity index is 0.00000176. The van der Waals surface area contributed by atoms with E-state index in [9.17, 15) is 4.79 Å². The predicted octanol–water partition coefficient (Wildman–Crippen LogP) is 2.23. The zero-order chi connectivity index (χ0) is 14.7. The van der Waals surface area contributed by atoms with Gasteiger partial charge in [0.2, 0.25) is 5.91 Å². The monoisotopic (exact) mass is 343 g/mol. The third-order valence-electron chi connectivity index (χ3n) is 4.22. The molecule has 1 aliphatic carbocycles. The average molecular weight is 344 g/mol. The minimum atomic E-state index is 0. The van der Waals surface area contributed by atoms with Gasteiger partial charge in [-0.1, -0.05) is 23.7 Å². The lowest BCUT2D eigenvalue weighted by Crippen LogP contribution is -2.49. The maximum Gasteiger partial charge on any atom is 0.234 e. The van der Waals surface area contributed by atoms with Crippen LogP contribution in [-0.2, 0) is 4.79 Å². The van der Waals surface area contributed by atoms with E-state index in [4.69, 9.17) is 11.6 Å². The van der Waals surface area contributed by atoms with Gasteiger partial charge < -0.3 is 10.6 Å². The van der Waals surface area contributed by atoms with E-state index < -0.39 is 0 Å². The summed E-state index contributed by atoms with van der Waals surface area (Å²) in [6.07, 6.45) is 2.53.